The topological polar surface area (TPSA) is 97.0 Å². The highest BCUT2D eigenvalue weighted by molar-refractivity contribution is 7.08. The second-order valence-corrected chi connectivity index (χ2v) is 8.02. The Balaban J connectivity index is 1.44. The minimum absolute atomic E-state index is 0.142. The van der Waals surface area contributed by atoms with Crippen LogP contribution >= 0.6 is 11.3 Å². The number of likely N-dealkylation sites (N-methyl/N-ethyl adjacent to an activating group) is 1. The van der Waals surface area contributed by atoms with Crippen molar-refractivity contribution in [2.24, 2.45) is 0 Å². The van der Waals surface area contributed by atoms with Gasteiger partial charge in [0.2, 0.25) is 5.91 Å². The molecule has 0 saturated heterocycles. The highest BCUT2D eigenvalue weighted by Gasteiger charge is 2.22. The van der Waals surface area contributed by atoms with Crippen molar-refractivity contribution >= 4 is 40.4 Å². The van der Waals surface area contributed by atoms with Crippen molar-refractivity contribution in [3.63, 3.8) is 0 Å². The van der Waals surface area contributed by atoms with Crippen molar-refractivity contribution in [1.82, 2.24) is 4.90 Å². The molecule has 4 rings (SSSR count). The van der Waals surface area contributed by atoms with Crippen molar-refractivity contribution in [1.29, 1.82) is 0 Å². The summed E-state index contributed by atoms with van der Waals surface area (Å²) in [5, 5.41) is 9.13. The Labute approximate surface area is 195 Å². The maximum absolute atomic E-state index is 13.2. The van der Waals surface area contributed by atoms with Crippen LogP contribution in [-0.2, 0) is 4.79 Å². The van der Waals surface area contributed by atoms with E-state index in [9.17, 15) is 14.4 Å². The molecule has 3 aromatic rings. The molecule has 0 unspecified atom stereocenters. The van der Waals surface area contributed by atoms with Gasteiger partial charge in [-0.3, -0.25) is 14.4 Å². The zero-order valence-corrected chi connectivity index (χ0v) is 18.8. The predicted molar refractivity (Wildman–Crippen MR) is 126 cm³/mol. The lowest BCUT2D eigenvalue weighted by Gasteiger charge is -2.22. The number of carbonyl (C=O) groups excluding carboxylic acids is 3. The third-order valence-electron chi connectivity index (χ3n) is 5.02. The Morgan fingerprint density at radius 3 is 2.55 bits per heavy atom. The molecule has 33 heavy (non-hydrogen) atoms. The maximum atomic E-state index is 13.2. The summed E-state index contributed by atoms with van der Waals surface area (Å²) in [6.07, 6.45) is 0. The molecule has 1 aromatic heterocycles. The van der Waals surface area contributed by atoms with Crippen LogP contribution < -0.4 is 20.1 Å². The van der Waals surface area contributed by atoms with Crippen LogP contribution in [0.25, 0.3) is 0 Å². The number of para-hydroxylation sites is 1. The quantitative estimate of drug-likeness (QED) is 0.552. The number of ether oxygens (including phenoxy) is 2. The summed E-state index contributed by atoms with van der Waals surface area (Å²) in [7, 11) is 0. The van der Waals surface area contributed by atoms with Crippen molar-refractivity contribution in [3.05, 3.63) is 70.4 Å². The fraction of sp³-hybridized carbons (Fsp3) is 0.208. The van der Waals surface area contributed by atoms with Gasteiger partial charge < -0.3 is 25.0 Å². The summed E-state index contributed by atoms with van der Waals surface area (Å²) in [6.45, 7) is 2.91. The normalized spacial score (nSPS) is 12.0. The smallest absolute Gasteiger partial charge is 0.256 e. The van der Waals surface area contributed by atoms with Gasteiger partial charge in [-0.15, -0.1) is 0 Å². The van der Waals surface area contributed by atoms with Crippen LogP contribution in [0.15, 0.2) is 59.3 Å². The third-order valence-corrected chi connectivity index (χ3v) is 5.70. The molecule has 0 aliphatic carbocycles. The van der Waals surface area contributed by atoms with E-state index < -0.39 is 0 Å². The van der Waals surface area contributed by atoms with Crippen LogP contribution in [0.2, 0.25) is 0 Å². The Hall–Kier alpha value is -3.85. The molecular weight excluding hydrogens is 442 g/mol. The number of thiophene rings is 1. The minimum atomic E-state index is -0.351. The van der Waals surface area contributed by atoms with E-state index in [2.05, 4.69) is 10.6 Å². The number of hydrogen-bond donors (Lipinski definition) is 2. The lowest BCUT2D eigenvalue weighted by Crippen LogP contribution is -2.38. The average molecular weight is 466 g/mol. The highest BCUT2D eigenvalue weighted by atomic mass is 32.1. The number of anilines is 2. The number of benzene rings is 2. The molecule has 2 aromatic carbocycles. The van der Waals surface area contributed by atoms with Gasteiger partial charge in [0.25, 0.3) is 11.8 Å². The molecule has 0 saturated carbocycles. The van der Waals surface area contributed by atoms with Gasteiger partial charge in [0.05, 0.1) is 16.8 Å². The molecule has 0 spiro atoms. The number of carbonyl (C=O) groups is 3. The first-order chi connectivity index (χ1) is 16.0. The number of rotatable bonds is 7. The van der Waals surface area contributed by atoms with Gasteiger partial charge in [-0.25, -0.2) is 0 Å². The van der Waals surface area contributed by atoms with Gasteiger partial charge in [-0.2, -0.15) is 11.3 Å². The predicted octanol–water partition coefficient (Wildman–Crippen LogP) is 3.87. The molecule has 1 aliphatic heterocycles. The SMILES string of the molecule is CCN(CC(=O)Nc1ccc2c(c1)OCCO2)C(=O)c1ccccc1NC(=O)c1ccsc1. The first-order valence-electron chi connectivity index (χ1n) is 10.5. The van der Waals surface area contributed by atoms with E-state index >= 15 is 0 Å². The lowest BCUT2D eigenvalue weighted by molar-refractivity contribution is -0.116. The van der Waals surface area contributed by atoms with E-state index in [1.165, 1.54) is 16.2 Å². The molecule has 9 heteroatoms. The monoisotopic (exact) mass is 465 g/mol. The van der Waals surface area contributed by atoms with Crippen molar-refractivity contribution in [2.75, 3.05) is 36.9 Å². The Morgan fingerprint density at radius 2 is 1.79 bits per heavy atom. The van der Waals surface area contributed by atoms with E-state index in [-0.39, 0.29) is 24.3 Å². The van der Waals surface area contributed by atoms with Crippen molar-refractivity contribution in [3.8, 4) is 11.5 Å². The van der Waals surface area contributed by atoms with E-state index in [0.717, 1.165) is 0 Å². The molecule has 0 radical (unpaired) electrons. The molecule has 0 bridgehead atoms. The number of amides is 3. The number of nitrogens with zero attached hydrogens (tertiary/aromatic N) is 1. The summed E-state index contributed by atoms with van der Waals surface area (Å²) in [5.74, 6) is 0.206. The Kier molecular flexibility index (Phi) is 6.89. The molecular formula is C24H23N3O5S. The molecule has 0 fully saturated rings. The van der Waals surface area contributed by atoms with Crippen LogP contribution in [0.1, 0.15) is 27.6 Å². The fourth-order valence-corrected chi connectivity index (χ4v) is 4.00. The van der Waals surface area contributed by atoms with E-state index in [1.54, 1.807) is 60.8 Å². The van der Waals surface area contributed by atoms with E-state index in [1.807, 2.05) is 5.38 Å². The van der Waals surface area contributed by atoms with E-state index in [0.29, 0.717) is 53.8 Å². The first kappa shape index (κ1) is 22.3. The summed E-state index contributed by atoms with van der Waals surface area (Å²) in [4.78, 5) is 39.7. The Bertz CT molecular complexity index is 1160. The van der Waals surface area contributed by atoms with Gasteiger partial charge >= 0.3 is 0 Å². The number of fused-ring (bicyclic) bond motifs is 1. The molecule has 8 nitrogen and oxygen atoms in total. The number of nitrogens with one attached hydrogen (secondary N) is 2. The van der Waals surface area contributed by atoms with Gasteiger partial charge in [0.1, 0.15) is 19.8 Å². The molecule has 3 amide bonds. The van der Waals surface area contributed by atoms with Crippen LogP contribution in [0.3, 0.4) is 0 Å². The largest absolute Gasteiger partial charge is 0.486 e. The third kappa shape index (κ3) is 5.32. The summed E-state index contributed by atoms with van der Waals surface area (Å²) in [6, 6.07) is 13.6. The second kappa shape index (κ2) is 10.2. The second-order valence-electron chi connectivity index (χ2n) is 7.24. The summed E-state index contributed by atoms with van der Waals surface area (Å²) in [5.41, 5.74) is 1.78. The Morgan fingerprint density at radius 1 is 1.00 bits per heavy atom. The standard InChI is InChI=1S/C24H23N3O5S/c1-2-27(14-22(28)25-17-7-8-20-21(13-17)32-11-10-31-20)24(30)18-5-3-4-6-19(18)26-23(29)16-9-12-33-15-16/h3-9,12-13,15H,2,10-11,14H2,1H3,(H,25,28)(H,26,29). The maximum Gasteiger partial charge on any atom is 0.256 e. The van der Waals surface area contributed by atoms with Crippen LogP contribution in [0.5, 0.6) is 11.5 Å². The molecule has 170 valence electrons. The van der Waals surface area contributed by atoms with Gasteiger partial charge in [-0.05, 0) is 42.6 Å². The van der Waals surface area contributed by atoms with Crippen LogP contribution in [0.4, 0.5) is 11.4 Å². The number of hydrogen-bond acceptors (Lipinski definition) is 6. The zero-order chi connectivity index (χ0) is 23.2. The molecule has 1 aliphatic rings. The van der Waals surface area contributed by atoms with Crippen LogP contribution in [-0.4, -0.2) is 48.9 Å². The van der Waals surface area contributed by atoms with Crippen molar-refractivity contribution < 1.29 is 23.9 Å². The lowest BCUT2D eigenvalue weighted by atomic mass is 10.1. The zero-order valence-electron chi connectivity index (χ0n) is 18.0. The van der Waals surface area contributed by atoms with Crippen LogP contribution in [0, 0.1) is 0 Å². The molecule has 0 atom stereocenters. The fourth-order valence-electron chi connectivity index (χ4n) is 3.36. The highest BCUT2D eigenvalue weighted by Crippen LogP contribution is 2.32. The van der Waals surface area contributed by atoms with Gasteiger partial charge in [-0.1, -0.05) is 12.1 Å². The van der Waals surface area contributed by atoms with Crippen molar-refractivity contribution in [2.45, 2.75) is 6.92 Å². The molecule has 2 N–H and O–H groups in total. The van der Waals surface area contributed by atoms with E-state index in [4.69, 9.17) is 9.47 Å². The minimum Gasteiger partial charge on any atom is -0.486 e. The first-order valence-corrected chi connectivity index (χ1v) is 11.4. The summed E-state index contributed by atoms with van der Waals surface area (Å²) >= 11 is 1.42. The van der Waals surface area contributed by atoms with Gasteiger partial charge in [0.15, 0.2) is 11.5 Å². The molecule has 2 heterocycles. The average Bonchev–Trinajstić information content (AvgIpc) is 3.38. The van der Waals surface area contributed by atoms with Gasteiger partial charge in [0, 0.05) is 23.7 Å². The summed E-state index contributed by atoms with van der Waals surface area (Å²) < 4.78 is 11.0.